The second-order valence-electron chi connectivity index (χ2n) is 3.92. The molecule has 0 atom stereocenters. The van der Waals surface area contributed by atoms with E-state index in [1.165, 1.54) is 22.7 Å². The van der Waals surface area contributed by atoms with Crippen LogP contribution in [-0.2, 0) is 6.54 Å². The molecule has 0 aliphatic rings. The molecule has 3 N–H and O–H groups in total. The fraction of sp³-hybridized carbons (Fsp3) is 0.0833. The lowest BCUT2D eigenvalue weighted by molar-refractivity contribution is 0.102. The monoisotopic (exact) mass is 324 g/mol. The smallest absolute Gasteiger partial charge is 0.276 e. The van der Waals surface area contributed by atoms with Gasteiger partial charge in [0.05, 0.1) is 10.2 Å². The Bertz CT molecular complexity index is 783. The molecular weight excluding hydrogens is 316 g/mol. The van der Waals surface area contributed by atoms with E-state index in [-0.39, 0.29) is 5.91 Å². The molecule has 3 rings (SSSR count). The number of halogens is 1. The van der Waals surface area contributed by atoms with E-state index >= 15 is 0 Å². The van der Waals surface area contributed by atoms with Crippen LogP contribution >= 0.6 is 34.3 Å². The van der Waals surface area contributed by atoms with Gasteiger partial charge < -0.3 is 5.73 Å². The highest BCUT2D eigenvalue weighted by molar-refractivity contribution is 7.22. The quantitative estimate of drug-likeness (QED) is 0.775. The fourth-order valence-electron chi connectivity index (χ4n) is 1.62. The molecule has 0 fully saturated rings. The number of anilines is 1. The molecule has 0 spiro atoms. The predicted molar refractivity (Wildman–Crippen MR) is 82.6 cm³/mol. The Kier molecular flexibility index (Phi) is 3.66. The molecule has 102 valence electrons. The maximum absolute atomic E-state index is 12.0. The largest absolute Gasteiger partial charge is 0.325 e. The first-order valence-electron chi connectivity index (χ1n) is 5.67. The number of hydrogen-bond donors (Lipinski definition) is 2. The minimum Gasteiger partial charge on any atom is -0.325 e. The molecule has 0 aliphatic carbocycles. The number of thiazole rings is 2. The first-order valence-corrected chi connectivity index (χ1v) is 7.75. The van der Waals surface area contributed by atoms with Gasteiger partial charge in [0.15, 0.2) is 5.13 Å². The standard InChI is InChI=1S/C12H9ClN4OS2/c13-6-1-2-7-9(3-6)20-12(16-7)17-11(18)8-5-19-10(4-14)15-8/h1-3,5H,4,14H2,(H,16,17,18). The summed E-state index contributed by atoms with van der Waals surface area (Å²) >= 11 is 8.65. The number of carbonyl (C=O) groups excluding carboxylic acids is 1. The van der Waals surface area contributed by atoms with Gasteiger partial charge in [0.2, 0.25) is 0 Å². The van der Waals surface area contributed by atoms with E-state index in [0.717, 1.165) is 15.2 Å². The van der Waals surface area contributed by atoms with Crippen LogP contribution in [0.2, 0.25) is 5.02 Å². The van der Waals surface area contributed by atoms with Gasteiger partial charge in [-0.15, -0.1) is 11.3 Å². The molecule has 3 aromatic rings. The highest BCUT2D eigenvalue weighted by atomic mass is 35.5. The molecule has 0 radical (unpaired) electrons. The number of nitrogens with two attached hydrogens (primary N) is 1. The van der Waals surface area contributed by atoms with Crippen LogP contribution in [-0.4, -0.2) is 15.9 Å². The summed E-state index contributed by atoms with van der Waals surface area (Å²) in [5, 5.41) is 6.31. The Hall–Kier alpha value is -1.54. The van der Waals surface area contributed by atoms with E-state index in [9.17, 15) is 4.79 Å². The maximum atomic E-state index is 12.0. The van der Waals surface area contributed by atoms with E-state index in [2.05, 4.69) is 15.3 Å². The van der Waals surface area contributed by atoms with Crippen LogP contribution in [0.25, 0.3) is 10.2 Å². The summed E-state index contributed by atoms with van der Waals surface area (Å²) in [5.74, 6) is -0.286. The van der Waals surface area contributed by atoms with Gasteiger partial charge in [-0.2, -0.15) is 0 Å². The average Bonchev–Trinajstić information content (AvgIpc) is 3.03. The zero-order valence-electron chi connectivity index (χ0n) is 10.1. The van der Waals surface area contributed by atoms with Crippen molar-refractivity contribution < 1.29 is 4.79 Å². The Morgan fingerprint density at radius 3 is 3.00 bits per heavy atom. The number of nitrogens with one attached hydrogen (secondary N) is 1. The van der Waals surface area contributed by atoms with Crippen molar-refractivity contribution in [3.63, 3.8) is 0 Å². The second kappa shape index (κ2) is 5.45. The first-order chi connectivity index (χ1) is 9.65. The summed E-state index contributed by atoms with van der Waals surface area (Å²) in [6.07, 6.45) is 0. The molecule has 2 aromatic heterocycles. The van der Waals surface area contributed by atoms with Crippen molar-refractivity contribution >= 4 is 55.5 Å². The normalized spacial score (nSPS) is 10.9. The summed E-state index contributed by atoms with van der Waals surface area (Å²) in [4.78, 5) is 20.5. The second-order valence-corrected chi connectivity index (χ2v) is 6.33. The number of benzene rings is 1. The van der Waals surface area contributed by atoms with Crippen LogP contribution in [0.3, 0.4) is 0 Å². The van der Waals surface area contributed by atoms with Gasteiger partial charge in [-0.25, -0.2) is 9.97 Å². The van der Waals surface area contributed by atoms with Crippen LogP contribution in [0.1, 0.15) is 15.5 Å². The lowest BCUT2D eigenvalue weighted by atomic mass is 10.3. The molecule has 0 saturated heterocycles. The Labute approximate surface area is 127 Å². The van der Waals surface area contributed by atoms with Gasteiger partial charge in [-0.05, 0) is 18.2 Å². The summed E-state index contributed by atoms with van der Waals surface area (Å²) in [5.41, 5.74) is 6.63. The molecule has 0 aliphatic heterocycles. The maximum Gasteiger partial charge on any atom is 0.276 e. The number of carbonyl (C=O) groups is 1. The molecule has 20 heavy (non-hydrogen) atoms. The number of aromatic nitrogens is 2. The highest BCUT2D eigenvalue weighted by Crippen LogP contribution is 2.28. The fourth-order valence-corrected chi connectivity index (χ4v) is 3.41. The van der Waals surface area contributed by atoms with Crippen molar-refractivity contribution in [1.29, 1.82) is 0 Å². The Morgan fingerprint density at radius 1 is 1.40 bits per heavy atom. The lowest BCUT2D eigenvalue weighted by Crippen LogP contribution is -2.12. The van der Waals surface area contributed by atoms with E-state index in [4.69, 9.17) is 17.3 Å². The van der Waals surface area contributed by atoms with Crippen LogP contribution in [0.4, 0.5) is 5.13 Å². The van der Waals surface area contributed by atoms with Gasteiger partial charge in [-0.3, -0.25) is 10.1 Å². The van der Waals surface area contributed by atoms with E-state index in [0.29, 0.717) is 22.4 Å². The molecule has 0 bridgehead atoms. The average molecular weight is 325 g/mol. The molecule has 2 heterocycles. The molecule has 0 saturated carbocycles. The van der Waals surface area contributed by atoms with Gasteiger partial charge in [0, 0.05) is 16.9 Å². The molecule has 1 amide bonds. The lowest BCUT2D eigenvalue weighted by Gasteiger charge is -1.96. The minimum absolute atomic E-state index is 0.286. The third-order valence-electron chi connectivity index (χ3n) is 2.53. The summed E-state index contributed by atoms with van der Waals surface area (Å²) in [6, 6.07) is 5.40. The van der Waals surface area contributed by atoms with Crippen LogP contribution in [0.5, 0.6) is 0 Å². The summed E-state index contributed by atoms with van der Waals surface area (Å²) in [7, 11) is 0. The van der Waals surface area contributed by atoms with Crippen LogP contribution in [0.15, 0.2) is 23.6 Å². The van der Waals surface area contributed by atoms with Crippen molar-refractivity contribution in [3.05, 3.63) is 39.3 Å². The molecule has 0 unspecified atom stereocenters. The number of fused-ring (bicyclic) bond motifs is 1. The van der Waals surface area contributed by atoms with Crippen molar-refractivity contribution in [2.24, 2.45) is 5.73 Å². The third-order valence-corrected chi connectivity index (χ3v) is 4.57. The molecule has 1 aromatic carbocycles. The number of rotatable bonds is 3. The number of amides is 1. The van der Waals surface area contributed by atoms with Crippen molar-refractivity contribution in [2.75, 3.05) is 5.32 Å². The van der Waals surface area contributed by atoms with Crippen molar-refractivity contribution in [1.82, 2.24) is 9.97 Å². The van der Waals surface area contributed by atoms with Crippen LogP contribution < -0.4 is 11.1 Å². The molecule has 8 heteroatoms. The SMILES string of the molecule is NCc1nc(C(=O)Nc2nc3ccc(Cl)cc3s2)cs1. The van der Waals surface area contributed by atoms with E-state index < -0.39 is 0 Å². The van der Waals surface area contributed by atoms with Gasteiger partial charge >= 0.3 is 0 Å². The van der Waals surface area contributed by atoms with Crippen LogP contribution in [0, 0.1) is 0 Å². The first kappa shape index (κ1) is 13.4. The van der Waals surface area contributed by atoms with Crippen molar-refractivity contribution in [2.45, 2.75) is 6.54 Å². The van der Waals surface area contributed by atoms with E-state index in [1.807, 2.05) is 12.1 Å². The zero-order chi connectivity index (χ0) is 14.1. The Morgan fingerprint density at radius 2 is 2.25 bits per heavy atom. The number of hydrogen-bond acceptors (Lipinski definition) is 6. The van der Waals surface area contributed by atoms with Gasteiger partial charge in [0.1, 0.15) is 10.7 Å². The number of nitrogens with zero attached hydrogens (tertiary/aromatic N) is 2. The summed E-state index contributed by atoms with van der Waals surface area (Å²) < 4.78 is 0.925. The van der Waals surface area contributed by atoms with Gasteiger partial charge in [-0.1, -0.05) is 22.9 Å². The third kappa shape index (κ3) is 2.66. The topological polar surface area (TPSA) is 80.9 Å². The predicted octanol–water partition coefficient (Wildman–Crippen LogP) is 3.12. The van der Waals surface area contributed by atoms with Crippen molar-refractivity contribution in [3.8, 4) is 0 Å². The zero-order valence-corrected chi connectivity index (χ0v) is 12.5. The van der Waals surface area contributed by atoms with E-state index in [1.54, 1.807) is 11.4 Å². The molecular formula is C12H9ClN4OS2. The minimum atomic E-state index is -0.286. The highest BCUT2D eigenvalue weighted by Gasteiger charge is 2.13. The Balaban J connectivity index is 1.83. The van der Waals surface area contributed by atoms with Gasteiger partial charge in [0.25, 0.3) is 5.91 Å². The summed E-state index contributed by atoms with van der Waals surface area (Å²) in [6.45, 7) is 0.331. The molecule has 5 nitrogen and oxygen atoms in total.